The van der Waals surface area contributed by atoms with Gasteiger partial charge in [-0.25, -0.2) is 4.79 Å². The summed E-state index contributed by atoms with van der Waals surface area (Å²) in [6.45, 7) is 14.6. The molecule has 0 fully saturated rings. The molecule has 0 saturated heterocycles. The molecule has 0 aliphatic rings. The van der Waals surface area contributed by atoms with Crippen molar-refractivity contribution in [3.63, 3.8) is 0 Å². The van der Waals surface area contributed by atoms with Gasteiger partial charge < -0.3 is 20.3 Å². The van der Waals surface area contributed by atoms with E-state index in [0.29, 0.717) is 22.7 Å². The number of alkyl carbamates (subject to hydrolysis) is 1. The number of nitrogens with zero attached hydrogens (tertiary/aromatic N) is 1. The molecule has 0 heterocycles. The Balaban J connectivity index is 2.48. The lowest BCUT2D eigenvalue weighted by Crippen LogP contribution is -2.50. The van der Waals surface area contributed by atoms with Gasteiger partial charge in [-0.3, -0.25) is 9.59 Å². The van der Waals surface area contributed by atoms with Gasteiger partial charge in [-0.2, -0.15) is 0 Å². The molecule has 3 amide bonds. The summed E-state index contributed by atoms with van der Waals surface area (Å²) < 4.78 is 5.27. The van der Waals surface area contributed by atoms with Gasteiger partial charge in [0.1, 0.15) is 18.2 Å². The molecular formula is C28H38ClN3O4. The third-order valence-electron chi connectivity index (χ3n) is 5.98. The summed E-state index contributed by atoms with van der Waals surface area (Å²) in [7, 11) is 0. The fraction of sp³-hybridized carbons (Fsp3) is 0.464. The molecule has 7 nitrogen and oxygen atoms in total. The van der Waals surface area contributed by atoms with Gasteiger partial charge in [0.25, 0.3) is 5.91 Å². The van der Waals surface area contributed by atoms with E-state index in [0.717, 1.165) is 16.7 Å². The normalized spacial score (nSPS) is 12.9. The number of aryl methyl sites for hydroxylation is 3. The van der Waals surface area contributed by atoms with Crippen molar-refractivity contribution in [1.82, 2.24) is 10.2 Å². The van der Waals surface area contributed by atoms with Crippen LogP contribution in [0.15, 0.2) is 36.4 Å². The summed E-state index contributed by atoms with van der Waals surface area (Å²) >= 11 is 6.38. The van der Waals surface area contributed by atoms with E-state index < -0.39 is 23.6 Å². The smallest absolute Gasteiger partial charge is 0.408 e. The molecule has 0 radical (unpaired) electrons. The monoisotopic (exact) mass is 515 g/mol. The molecule has 196 valence electrons. The quantitative estimate of drug-likeness (QED) is 0.445. The number of hydrogen-bond donors (Lipinski definition) is 2. The molecule has 2 unspecified atom stereocenters. The van der Waals surface area contributed by atoms with E-state index in [1.54, 1.807) is 26.8 Å². The number of carbonyl (C=O) groups excluding carboxylic acids is 3. The predicted molar refractivity (Wildman–Crippen MR) is 144 cm³/mol. The Kier molecular flexibility index (Phi) is 9.93. The van der Waals surface area contributed by atoms with Gasteiger partial charge in [0.2, 0.25) is 5.91 Å². The molecule has 0 spiro atoms. The second kappa shape index (κ2) is 12.3. The number of halogens is 1. The number of ether oxygens (including phenoxy) is 1. The fourth-order valence-corrected chi connectivity index (χ4v) is 4.02. The Morgan fingerprint density at radius 2 is 1.69 bits per heavy atom. The third kappa shape index (κ3) is 7.72. The van der Waals surface area contributed by atoms with Gasteiger partial charge in [0.05, 0.1) is 10.7 Å². The van der Waals surface area contributed by atoms with Crippen LogP contribution in [0.2, 0.25) is 5.02 Å². The average molecular weight is 516 g/mol. The molecule has 0 aliphatic carbocycles. The third-order valence-corrected chi connectivity index (χ3v) is 6.29. The summed E-state index contributed by atoms with van der Waals surface area (Å²) in [5.74, 6) is -0.787. The van der Waals surface area contributed by atoms with Crippen LogP contribution in [0.25, 0.3) is 0 Å². The van der Waals surface area contributed by atoms with Gasteiger partial charge in [-0.15, -0.1) is 0 Å². The Labute approximate surface area is 219 Å². The summed E-state index contributed by atoms with van der Waals surface area (Å²) in [5.41, 5.74) is 3.36. The highest BCUT2D eigenvalue weighted by molar-refractivity contribution is 6.34. The van der Waals surface area contributed by atoms with Crippen LogP contribution in [0.5, 0.6) is 0 Å². The number of para-hydroxylation sites is 1. The zero-order valence-corrected chi connectivity index (χ0v) is 23.2. The summed E-state index contributed by atoms with van der Waals surface area (Å²) in [6.07, 6.45) is -0.0865. The van der Waals surface area contributed by atoms with Crippen molar-refractivity contribution in [3.05, 3.63) is 63.7 Å². The van der Waals surface area contributed by atoms with E-state index in [4.69, 9.17) is 16.3 Å². The van der Waals surface area contributed by atoms with Crippen LogP contribution in [0.3, 0.4) is 0 Å². The van der Waals surface area contributed by atoms with Gasteiger partial charge in [0.15, 0.2) is 0 Å². The number of amides is 3. The number of hydrogen-bond acceptors (Lipinski definition) is 4. The molecule has 0 aromatic heterocycles. The number of carbonyl (C=O) groups is 3. The number of benzene rings is 2. The minimum absolute atomic E-state index is 0.289. The first-order valence-corrected chi connectivity index (χ1v) is 12.5. The second-order valence-electron chi connectivity index (χ2n) is 10.1. The Morgan fingerprint density at radius 1 is 1.03 bits per heavy atom. The van der Waals surface area contributed by atoms with Crippen LogP contribution in [-0.2, 0) is 14.3 Å². The highest BCUT2D eigenvalue weighted by atomic mass is 35.5. The summed E-state index contributed by atoms with van der Waals surface area (Å²) in [5, 5.41) is 5.88. The van der Waals surface area contributed by atoms with Crippen molar-refractivity contribution in [2.45, 2.75) is 79.5 Å². The van der Waals surface area contributed by atoms with E-state index in [9.17, 15) is 14.4 Å². The number of rotatable bonds is 8. The first-order valence-electron chi connectivity index (χ1n) is 12.2. The molecule has 2 atom stereocenters. The van der Waals surface area contributed by atoms with E-state index in [1.807, 2.05) is 65.0 Å². The maximum absolute atomic E-state index is 13.8. The molecule has 2 aromatic carbocycles. The van der Waals surface area contributed by atoms with E-state index >= 15 is 0 Å². The number of anilines is 1. The molecular weight excluding hydrogens is 478 g/mol. The summed E-state index contributed by atoms with van der Waals surface area (Å²) in [4.78, 5) is 41.1. The minimum atomic E-state index is -0.942. The van der Waals surface area contributed by atoms with Crippen molar-refractivity contribution in [2.75, 3.05) is 11.9 Å². The van der Waals surface area contributed by atoms with Crippen LogP contribution in [0.1, 0.15) is 69.3 Å². The SMILES string of the molecule is CCC(C)N(C(=O)CNC(=O)OC(C)(C)C)C(C(=O)Nc1c(C)cccc1Cl)c1ccc(C)c(C)c1. The predicted octanol–water partition coefficient (Wildman–Crippen LogP) is 6.10. The molecule has 0 aliphatic heterocycles. The van der Waals surface area contributed by atoms with Crippen LogP contribution < -0.4 is 10.6 Å². The van der Waals surface area contributed by atoms with Gasteiger partial charge >= 0.3 is 6.09 Å². The Morgan fingerprint density at radius 3 is 2.25 bits per heavy atom. The zero-order valence-electron chi connectivity index (χ0n) is 22.5. The Bertz CT molecular complexity index is 1090. The maximum Gasteiger partial charge on any atom is 0.408 e. The highest BCUT2D eigenvalue weighted by Crippen LogP contribution is 2.31. The molecule has 2 N–H and O–H groups in total. The van der Waals surface area contributed by atoms with Gasteiger partial charge in [-0.1, -0.05) is 48.9 Å². The van der Waals surface area contributed by atoms with Gasteiger partial charge in [-0.05, 0) is 83.2 Å². The topological polar surface area (TPSA) is 87.7 Å². The lowest BCUT2D eigenvalue weighted by molar-refractivity contribution is -0.140. The van der Waals surface area contributed by atoms with Crippen LogP contribution in [0, 0.1) is 20.8 Å². The number of nitrogens with one attached hydrogen (secondary N) is 2. The first kappa shape index (κ1) is 29.2. The zero-order chi connectivity index (χ0) is 27.2. The summed E-state index contributed by atoms with van der Waals surface area (Å²) in [6, 6.07) is 9.85. The first-order chi connectivity index (χ1) is 16.7. The van der Waals surface area contributed by atoms with Crippen molar-refractivity contribution in [2.24, 2.45) is 0 Å². The van der Waals surface area contributed by atoms with Crippen molar-refractivity contribution >= 4 is 35.2 Å². The minimum Gasteiger partial charge on any atom is -0.444 e. The molecule has 8 heteroatoms. The second-order valence-corrected chi connectivity index (χ2v) is 10.5. The van der Waals surface area contributed by atoms with E-state index in [2.05, 4.69) is 10.6 Å². The van der Waals surface area contributed by atoms with E-state index in [-0.39, 0.29) is 18.5 Å². The molecule has 0 saturated carbocycles. The van der Waals surface area contributed by atoms with E-state index in [1.165, 1.54) is 4.90 Å². The molecule has 0 bridgehead atoms. The largest absolute Gasteiger partial charge is 0.444 e. The molecule has 2 rings (SSSR count). The highest BCUT2D eigenvalue weighted by Gasteiger charge is 2.35. The van der Waals surface area contributed by atoms with Crippen LogP contribution >= 0.6 is 11.6 Å². The lowest BCUT2D eigenvalue weighted by atomic mass is 9.97. The standard InChI is InChI=1S/C28H38ClN3O4/c1-9-20(5)32(23(33)16-30-27(35)36-28(6,7)8)25(21-14-13-17(2)19(4)15-21)26(34)31-24-18(3)11-10-12-22(24)29/h10-15,20,25H,9,16H2,1-8H3,(H,30,35)(H,31,34). The maximum atomic E-state index is 13.8. The van der Waals surface area contributed by atoms with Crippen LogP contribution in [-0.4, -0.2) is 41.0 Å². The van der Waals surface area contributed by atoms with Crippen LogP contribution in [0.4, 0.5) is 10.5 Å². The molecule has 2 aromatic rings. The van der Waals surface area contributed by atoms with Gasteiger partial charge in [0, 0.05) is 6.04 Å². The average Bonchev–Trinajstić information content (AvgIpc) is 2.78. The lowest BCUT2D eigenvalue weighted by Gasteiger charge is -2.36. The Hall–Kier alpha value is -3.06. The van der Waals surface area contributed by atoms with Crippen molar-refractivity contribution < 1.29 is 19.1 Å². The fourth-order valence-electron chi connectivity index (χ4n) is 3.75. The van der Waals surface area contributed by atoms with Crippen molar-refractivity contribution in [3.8, 4) is 0 Å². The molecule has 36 heavy (non-hydrogen) atoms. The van der Waals surface area contributed by atoms with Crippen molar-refractivity contribution in [1.29, 1.82) is 0 Å².